The van der Waals surface area contributed by atoms with Crippen LogP contribution in [-0.4, -0.2) is 43.5 Å². The molecule has 1 N–H and O–H groups in total. The van der Waals surface area contributed by atoms with E-state index in [9.17, 15) is 8.42 Å². The average Bonchev–Trinajstić information content (AvgIpc) is 2.11. The van der Waals surface area contributed by atoms with Gasteiger partial charge in [-0.05, 0) is 19.4 Å². The Kier molecular flexibility index (Phi) is 7.76. The van der Waals surface area contributed by atoms with E-state index in [1.165, 1.54) is 6.26 Å². The Morgan fingerprint density at radius 1 is 1.29 bits per heavy atom. The van der Waals surface area contributed by atoms with Gasteiger partial charge in [0.2, 0.25) is 0 Å². The van der Waals surface area contributed by atoms with E-state index in [1.807, 2.05) is 11.8 Å². The molecule has 0 saturated carbocycles. The first-order valence-electron chi connectivity index (χ1n) is 6.19. The number of hydrogen-bond acceptors (Lipinski definition) is 4. The van der Waals surface area contributed by atoms with E-state index in [1.54, 1.807) is 0 Å². The van der Waals surface area contributed by atoms with Gasteiger partial charge in [-0.3, -0.25) is 0 Å². The average molecular weight is 281 g/mol. The molecule has 0 aromatic carbocycles. The Bertz CT molecular complexity index is 294. The van der Waals surface area contributed by atoms with Crippen LogP contribution in [0, 0.1) is 0 Å². The molecule has 0 aliphatic heterocycles. The molecule has 0 spiro atoms. The summed E-state index contributed by atoms with van der Waals surface area (Å²) >= 11 is 1.93. The number of nitrogens with one attached hydrogen (secondary N) is 1. The third-order valence-corrected chi connectivity index (χ3v) is 4.74. The van der Waals surface area contributed by atoms with Crippen LogP contribution in [-0.2, 0) is 9.84 Å². The summed E-state index contributed by atoms with van der Waals surface area (Å²) in [6, 6.07) is 0.422. The molecular weight excluding hydrogens is 254 g/mol. The molecule has 0 rings (SSSR count). The third kappa shape index (κ3) is 12.5. The van der Waals surface area contributed by atoms with Crippen LogP contribution in [0.2, 0.25) is 0 Å². The fraction of sp³-hybridized carbons (Fsp3) is 1.00. The van der Waals surface area contributed by atoms with Gasteiger partial charge in [-0.25, -0.2) is 8.42 Å². The van der Waals surface area contributed by atoms with Crippen LogP contribution >= 0.6 is 11.8 Å². The molecule has 0 aliphatic rings. The molecule has 0 aromatic heterocycles. The van der Waals surface area contributed by atoms with E-state index in [4.69, 9.17) is 0 Å². The highest BCUT2D eigenvalue weighted by Gasteiger charge is 2.15. The second kappa shape index (κ2) is 7.64. The predicted octanol–water partition coefficient (Wildman–Crippen LogP) is 2.32. The maximum absolute atomic E-state index is 11.1. The zero-order chi connectivity index (χ0) is 13.5. The summed E-state index contributed by atoms with van der Waals surface area (Å²) < 4.78 is 22.4. The molecule has 0 amide bonds. The molecule has 0 fully saturated rings. The molecule has 17 heavy (non-hydrogen) atoms. The first-order valence-corrected chi connectivity index (χ1v) is 9.24. The Morgan fingerprint density at radius 2 is 1.88 bits per heavy atom. The molecule has 5 heteroatoms. The highest BCUT2D eigenvalue weighted by Crippen LogP contribution is 2.24. The van der Waals surface area contributed by atoms with Crippen molar-refractivity contribution in [2.75, 3.05) is 24.3 Å². The number of sulfone groups is 1. The van der Waals surface area contributed by atoms with E-state index in [-0.39, 0.29) is 4.75 Å². The van der Waals surface area contributed by atoms with Gasteiger partial charge in [0.05, 0.1) is 0 Å². The van der Waals surface area contributed by atoms with Gasteiger partial charge in [-0.1, -0.05) is 27.7 Å². The minimum absolute atomic E-state index is 0.268. The van der Waals surface area contributed by atoms with Gasteiger partial charge >= 0.3 is 0 Å². The van der Waals surface area contributed by atoms with Gasteiger partial charge in [0, 0.05) is 28.6 Å². The maximum Gasteiger partial charge on any atom is 0.147 e. The molecule has 0 heterocycles. The predicted molar refractivity (Wildman–Crippen MR) is 78.6 cm³/mol. The molecule has 0 bridgehead atoms. The van der Waals surface area contributed by atoms with Crippen molar-refractivity contribution < 1.29 is 8.42 Å². The number of hydrogen-bond donors (Lipinski definition) is 1. The molecule has 0 aromatic rings. The van der Waals surface area contributed by atoms with Crippen LogP contribution < -0.4 is 5.32 Å². The van der Waals surface area contributed by atoms with Crippen LogP contribution in [0.3, 0.4) is 0 Å². The van der Waals surface area contributed by atoms with Crippen LogP contribution in [0.15, 0.2) is 0 Å². The molecule has 104 valence electrons. The highest BCUT2D eigenvalue weighted by molar-refractivity contribution is 8.00. The number of rotatable bonds is 8. The summed E-state index contributed by atoms with van der Waals surface area (Å²) in [6.07, 6.45) is 2.99. The Hall–Kier alpha value is 0.260. The Morgan fingerprint density at radius 3 is 2.29 bits per heavy atom. The van der Waals surface area contributed by atoms with Gasteiger partial charge in [-0.2, -0.15) is 11.8 Å². The van der Waals surface area contributed by atoms with Crippen LogP contribution in [0.5, 0.6) is 0 Å². The second-order valence-corrected chi connectivity index (χ2v) is 9.56. The van der Waals surface area contributed by atoms with Gasteiger partial charge in [0.25, 0.3) is 0 Å². The van der Waals surface area contributed by atoms with Crippen molar-refractivity contribution in [3.8, 4) is 0 Å². The highest BCUT2D eigenvalue weighted by atomic mass is 32.2. The standard InChI is InChI=1S/C12H27NO2S2/c1-6-13-11(10-16-12(2,3)4)8-7-9-17(5,14)15/h11,13H,6-10H2,1-5H3. The smallest absolute Gasteiger partial charge is 0.147 e. The third-order valence-electron chi connectivity index (χ3n) is 2.28. The zero-order valence-electron chi connectivity index (χ0n) is 11.7. The van der Waals surface area contributed by atoms with Crippen molar-refractivity contribution >= 4 is 21.6 Å². The van der Waals surface area contributed by atoms with Crippen molar-refractivity contribution in [3.05, 3.63) is 0 Å². The molecule has 3 nitrogen and oxygen atoms in total. The maximum atomic E-state index is 11.1. The lowest BCUT2D eigenvalue weighted by Gasteiger charge is -2.23. The molecular formula is C12H27NO2S2. The molecule has 1 unspecified atom stereocenters. The summed E-state index contributed by atoms with van der Waals surface area (Å²) in [7, 11) is -2.81. The lowest BCUT2D eigenvalue weighted by molar-refractivity contribution is 0.526. The summed E-state index contributed by atoms with van der Waals surface area (Å²) in [5.41, 5.74) is 0. The second-order valence-electron chi connectivity index (χ2n) is 5.45. The minimum atomic E-state index is -2.81. The van der Waals surface area contributed by atoms with Gasteiger partial charge in [0.1, 0.15) is 9.84 Å². The summed E-state index contributed by atoms with van der Waals surface area (Å²) in [5.74, 6) is 1.34. The fourth-order valence-corrected chi connectivity index (χ4v) is 3.15. The minimum Gasteiger partial charge on any atom is -0.313 e. The largest absolute Gasteiger partial charge is 0.313 e. The lowest BCUT2D eigenvalue weighted by Crippen LogP contribution is -2.33. The summed E-state index contributed by atoms with van der Waals surface area (Å²) in [6.45, 7) is 9.64. The van der Waals surface area contributed by atoms with Crippen molar-refractivity contribution in [1.29, 1.82) is 0 Å². The van der Waals surface area contributed by atoms with Crippen LogP contribution in [0.4, 0.5) is 0 Å². The summed E-state index contributed by atoms with van der Waals surface area (Å²) in [5, 5.41) is 3.43. The molecule has 1 atom stereocenters. The normalized spacial score (nSPS) is 14.9. The van der Waals surface area contributed by atoms with E-state index in [0.717, 1.165) is 25.1 Å². The monoisotopic (exact) mass is 281 g/mol. The molecule has 0 aliphatic carbocycles. The van der Waals surface area contributed by atoms with E-state index < -0.39 is 9.84 Å². The SMILES string of the molecule is CCNC(CCCS(C)(=O)=O)CSC(C)(C)C. The van der Waals surface area contributed by atoms with Gasteiger partial charge in [-0.15, -0.1) is 0 Å². The molecule has 0 saturated heterocycles. The van der Waals surface area contributed by atoms with Crippen molar-refractivity contribution in [2.45, 2.75) is 51.3 Å². The molecule has 0 radical (unpaired) electrons. The lowest BCUT2D eigenvalue weighted by atomic mass is 10.2. The van der Waals surface area contributed by atoms with Crippen molar-refractivity contribution in [2.24, 2.45) is 0 Å². The Balaban J connectivity index is 3.98. The zero-order valence-corrected chi connectivity index (χ0v) is 13.4. The number of thioether (sulfide) groups is 1. The van der Waals surface area contributed by atoms with Crippen molar-refractivity contribution in [1.82, 2.24) is 5.32 Å². The van der Waals surface area contributed by atoms with E-state index >= 15 is 0 Å². The van der Waals surface area contributed by atoms with E-state index in [2.05, 4.69) is 33.0 Å². The first-order chi connectivity index (χ1) is 7.64. The Labute approximate surface area is 111 Å². The fourth-order valence-electron chi connectivity index (χ4n) is 1.48. The van der Waals surface area contributed by atoms with E-state index in [0.29, 0.717) is 11.8 Å². The quantitative estimate of drug-likeness (QED) is 0.742. The van der Waals surface area contributed by atoms with Gasteiger partial charge in [0.15, 0.2) is 0 Å². The first kappa shape index (κ1) is 17.3. The topological polar surface area (TPSA) is 46.2 Å². The van der Waals surface area contributed by atoms with Gasteiger partial charge < -0.3 is 5.32 Å². The van der Waals surface area contributed by atoms with Crippen molar-refractivity contribution in [3.63, 3.8) is 0 Å². The van der Waals surface area contributed by atoms with Crippen LogP contribution in [0.1, 0.15) is 40.5 Å². The summed E-state index contributed by atoms with van der Waals surface area (Å²) in [4.78, 5) is 0. The van der Waals surface area contributed by atoms with Crippen LogP contribution in [0.25, 0.3) is 0 Å².